The molecule has 1 aliphatic heterocycles. The number of fused-ring (bicyclic) bond motifs is 1. The monoisotopic (exact) mass is 226 g/mol. The quantitative estimate of drug-likeness (QED) is 0.660. The van der Waals surface area contributed by atoms with Crippen LogP contribution in [-0.2, 0) is 10.3 Å². The van der Waals surface area contributed by atoms with E-state index in [2.05, 4.69) is 58.0 Å². The Labute approximate surface area is 103 Å². The van der Waals surface area contributed by atoms with Crippen molar-refractivity contribution in [3.63, 3.8) is 0 Å². The highest BCUT2D eigenvalue weighted by Crippen LogP contribution is 2.63. The molecule has 1 nitrogen and oxygen atoms in total. The summed E-state index contributed by atoms with van der Waals surface area (Å²) in [4.78, 5) is 0. The predicted molar refractivity (Wildman–Crippen MR) is 69.7 cm³/mol. The standard InChI is InChI=1S/C16H18O/c1-11-10-16(14-8-6-5-7-9-14)15(4,17-16)13(3)12(11)2/h5-10H,1-4H3. The summed E-state index contributed by atoms with van der Waals surface area (Å²) in [6.07, 6.45) is 2.28. The molecule has 1 aromatic carbocycles. The maximum absolute atomic E-state index is 6.16. The Balaban J connectivity index is 2.16. The first-order valence-corrected chi connectivity index (χ1v) is 6.15. The first-order chi connectivity index (χ1) is 8.01. The van der Waals surface area contributed by atoms with Crippen molar-refractivity contribution >= 4 is 0 Å². The molecule has 1 aromatic rings. The van der Waals surface area contributed by atoms with Gasteiger partial charge < -0.3 is 4.74 Å². The maximum Gasteiger partial charge on any atom is 0.146 e. The Bertz CT molecular complexity index is 538. The third kappa shape index (κ3) is 1.18. The Kier molecular flexibility index (Phi) is 1.97. The normalized spacial score (nSPS) is 35.4. The molecule has 0 radical (unpaired) electrons. The van der Waals surface area contributed by atoms with Crippen LogP contribution in [0.3, 0.4) is 0 Å². The summed E-state index contributed by atoms with van der Waals surface area (Å²) < 4.78 is 6.16. The van der Waals surface area contributed by atoms with E-state index in [0.717, 1.165) is 0 Å². The minimum atomic E-state index is -0.220. The minimum Gasteiger partial charge on any atom is -0.348 e. The van der Waals surface area contributed by atoms with Gasteiger partial charge in [0.2, 0.25) is 0 Å². The van der Waals surface area contributed by atoms with Crippen LogP contribution in [0.1, 0.15) is 33.3 Å². The van der Waals surface area contributed by atoms with Crippen LogP contribution in [0.2, 0.25) is 0 Å². The van der Waals surface area contributed by atoms with Crippen molar-refractivity contribution < 1.29 is 4.74 Å². The lowest BCUT2D eigenvalue weighted by molar-refractivity contribution is 0.310. The number of hydrogen-bond acceptors (Lipinski definition) is 1. The van der Waals surface area contributed by atoms with Gasteiger partial charge >= 0.3 is 0 Å². The molecule has 1 heterocycles. The molecule has 0 saturated carbocycles. The van der Waals surface area contributed by atoms with Crippen molar-refractivity contribution in [3.05, 3.63) is 58.7 Å². The molecular weight excluding hydrogens is 208 g/mol. The van der Waals surface area contributed by atoms with Crippen molar-refractivity contribution in [1.82, 2.24) is 0 Å². The van der Waals surface area contributed by atoms with E-state index in [0.29, 0.717) is 0 Å². The van der Waals surface area contributed by atoms with E-state index in [9.17, 15) is 0 Å². The fraction of sp³-hybridized carbons (Fsp3) is 0.375. The van der Waals surface area contributed by atoms with Gasteiger partial charge in [-0.2, -0.15) is 0 Å². The molecule has 1 fully saturated rings. The number of benzene rings is 1. The lowest BCUT2D eigenvalue weighted by Crippen LogP contribution is -2.25. The van der Waals surface area contributed by atoms with Gasteiger partial charge in [-0.1, -0.05) is 30.3 Å². The number of ether oxygens (including phenoxy) is 1. The first-order valence-electron chi connectivity index (χ1n) is 6.15. The largest absolute Gasteiger partial charge is 0.348 e. The Morgan fingerprint density at radius 2 is 1.65 bits per heavy atom. The Hall–Kier alpha value is -1.34. The summed E-state index contributed by atoms with van der Waals surface area (Å²) in [6, 6.07) is 10.5. The van der Waals surface area contributed by atoms with Gasteiger partial charge in [-0.25, -0.2) is 0 Å². The average molecular weight is 226 g/mol. The van der Waals surface area contributed by atoms with Crippen LogP contribution in [0, 0.1) is 0 Å². The van der Waals surface area contributed by atoms with Crippen LogP contribution in [0.4, 0.5) is 0 Å². The predicted octanol–water partition coefficient (Wildman–Crippen LogP) is 3.97. The van der Waals surface area contributed by atoms with E-state index in [1.807, 2.05) is 6.07 Å². The van der Waals surface area contributed by atoms with Crippen LogP contribution < -0.4 is 0 Å². The Morgan fingerprint density at radius 3 is 2.29 bits per heavy atom. The second-order valence-electron chi connectivity index (χ2n) is 5.31. The third-order valence-electron chi connectivity index (χ3n) is 4.52. The van der Waals surface area contributed by atoms with Crippen LogP contribution in [-0.4, -0.2) is 5.60 Å². The number of epoxide rings is 1. The van der Waals surface area contributed by atoms with Gasteiger partial charge in [0.05, 0.1) is 0 Å². The van der Waals surface area contributed by atoms with Gasteiger partial charge in [0, 0.05) is 0 Å². The lowest BCUT2D eigenvalue weighted by Gasteiger charge is -2.23. The molecule has 0 bridgehead atoms. The summed E-state index contributed by atoms with van der Waals surface area (Å²) in [7, 11) is 0. The zero-order chi connectivity index (χ0) is 12.3. The van der Waals surface area contributed by atoms with Crippen LogP contribution in [0.25, 0.3) is 0 Å². The van der Waals surface area contributed by atoms with E-state index in [1.54, 1.807) is 0 Å². The summed E-state index contributed by atoms with van der Waals surface area (Å²) in [5.41, 5.74) is 4.97. The lowest BCUT2D eigenvalue weighted by atomic mass is 9.75. The van der Waals surface area contributed by atoms with E-state index in [-0.39, 0.29) is 11.2 Å². The minimum absolute atomic E-state index is 0.141. The van der Waals surface area contributed by atoms with Crippen LogP contribution >= 0.6 is 0 Å². The molecule has 0 amide bonds. The summed E-state index contributed by atoms with van der Waals surface area (Å²) >= 11 is 0. The van der Waals surface area contributed by atoms with E-state index in [1.165, 1.54) is 22.3 Å². The van der Waals surface area contributed by atoms with E-state index in [4.69, 9.17) is 4.74 Å². The molecular formula is C16H18O. The smallest absolute Gasteiger partial charge is 0.146 e. The van der Waals surface area contributed by atoms with Crippen molar-refractivity contribution in [2.24, 2.45) is 0 Å². The van der Waals surface area contributed by atoms with Gasteiger partial charge in [0.25, 0.3) is 0 Å². The number of allylic oxidation sites excluding steroid dienone is 2. The van der Waals surface area contributed by atoms with E-state index < -0.39 is 0 Å². The van der Waals surface area contributed by atoms with Crippen molar-refractivity contribution in [3.8, 4) is 0 Å². The van der Waals surface area contributed by atoms with Crippen LogP contribution in [0.5, 0.6) is 0 Å². The van der Waals surface area contributed by atoms with Crippen LogP contribution in [0.15, 0.2) is 53.1 Å². The van der Waals surface area contributed by atoms with Gasteiger partial charge in [-0.3, -0.25) is 0 Å². The summed E-state index contributed by atoms with van der Waals surface area (Å²) in [5, 5.41) is 0. The van der Waals surface area contributed by atoms with Gasteiger partial charge in [0.15, 0.2) is 0 Å². The first kappa shape index (κ1) is 10.8. The van der Waals surface area contributed by atoms with E-state index >= 15 is 0 Å². The molecule has 1 heteroatoms. The average Bonchev–Trinajstić information content (AvgIpc) is 2.96. The highest BCUT2D eigenvalue weighted by atomic mass is 16.6. The van der Waals surface area contributed by atoms with Gasteiger partial charge in [-0.05, 0) is 56.1 Å². The fourth-order valence-electron chi connectivity index (χ4n) is 2.99. The van der Waals surface area contributed by atoms with Gasteiger partial charge in [0.1, 0.15) is 11.2 Å². The second-order valence-corrected chi connectivity index (χ2v) is 5.31. The van der Waals surface area contributed by atoms with Crippen molar-refractivity contribution in [2.45, 2.75) is 38.9 Å². The topological polar surface area (TPSA) is 12.5 Å². The molecule has 1 aliphatic carbocycles. The molecule has 2 atom stereocenters. The van der Waals surface area contributed by atoms with Crippen molar-refractivity contribution in [1.29, 1.82) is 0 Å². The van der Waals surface area contributed by atoms with Gasteiger partial charge in [-0.15, -0.1) is 0 Å². The zero-order valence-corrected chi connectivity index (χ0v) is 10.9. The molecule has 2 unspecified atom stereocenters. The highest BCUT2D eigenvalue weighted by Gasteiger charge is 2.69. The summed E-state index contributed by atoms with van der Waals surface area (Å²) in [5.74, 6) is 0. The maximum atomic E-state index is 6.16. The number of rotatable bonds is 1. The fourth-order valence-corrected chi connectivity index (χ4v) is 2.99. The third-order valence-corrected chi connectivity index (χ3v) is 4.52. The molecule has 2 aliphatic rings. The molecule has 0 N–H and O–H groups in total. The molecule has 88 valence electrons. The number of hydrogen-bond donors (Lipinski definition) is 0. The highest BCUT2D eigenvalue weighted by molar-refractivity contribution is 5.55. The zero-order valence-electron chi connectivity index (χ0n) is 10.9. The molecule has 1 saturated heterocycles. The van der Waals surface area contributed by atoms with Crippen molar-refractivity contribution in [2.75, 3.05) is 0 Å². The molecule has 17 heavy (non-hydrogen) atoms. The SMILES string of the molecule is CC1=CC2(c3ccccc3)OC2(C)C(C)=C1C. The Morgan fingerprint density at radius 1 is 1.00 bits per heavy atom. The summed E-state index contributed by atoms with van der Waals surface area (Å²) in [6.45, 7) is 8.74. The molecule has 0 spiro atoms. The second kappa shape index (κ2) is 3.11. The molecule has 3 rings (SSSR count). The molecule has 0 aromatic heterocycles.